The van der Waals surface area contributed by atoms with Gasteiger partial charge >= 0.3 is 0 Å². The number of nitrogens with one attached hydrogen (secondary N) is 1. The van der Waals surface area contributed by atoms with Crippen molar-refractivity contribution in [3.05, 3.63) is 70.3 Å². The Hall–Kier alpha value is -1.55. The van der Waals surface area contributed by atoms with E-state index in [4.69, 9.17) is 23.2 Å². The highest BCUT2D eigenvalue weighted by Crippen LogP contribution is 2.27. The van der Waals surface area contributed by atoms with Crippen LogP contribution in [0.25, 0.3) is 0 Å². The maximum Gasteiger partial charge on any atom is 0.251 e. The highest BCUT2D eigenvalue weighted by Gasteiger charge is 2.34. The van der Waals surface area contributed by atoms with Crippen molar-refractivity contribution in [1.82, 2.24) is 10.2 Å². The van der Waals surface area contributed by atoms with Crippen LogP contribution in [0, 0.1) is 0 Å². The van der Waals surface area contributed by atoms with Crippen molar-refractivity contribution in [2.45, 2.75) is 49.5 Å². The number of hydrogen-bond donors (Lipinski definition) is 1. The van der Waals surface area contributed by atoms with Crippen molar-refractivity contribution in [1.29, 1.82) is 0 Å². The number of rotatable bonds is 5. The Morgan fingerprint density at radius 1 is 0.964 bits per heavy atom. The number of carbonyl (C=O) groups is 1. The van der Waals surface area contributed by atoms with Gasteiger partial charge in [0.15, 0.2) is 0 Å². The highest BCUT2D eigenvalue weighted by molar-refractivity contribution is 6.18. The van der Waals surface area contributed by atoms with Crippen LogP contribution >= 0.6 is 23.2 Å². The molecule has 4 rings (SSSR count). The van der Waals surface area contributed by atoms with Gasteiger partial charge in [0.25, 0.3) is 5.91 Å². The standard InChI is InChI=1S/C23H26Cl2N2O/c24-14-19-8-7-18(11-20(19)15-25)23(28)26-21-12-16-5-1-2-6-17(16)13-22(21)27-9-3-4-10-27/h1-2,5-8,11,21-22H,3-4,9-10,12-15H2,(H,26,28). The monoisotopic (exact) mass is 416 g/mol. The summed E-state index contributed by atoms with van der Waals surface area (Å²) in [5.74, 6) is 0.734. The smallest absolute Gasteiger partial charge is 0.251 e. The molecular formula is C23H26Cl2N2O. The molecule has 1 aliphatic carbocycles. The van der Waals surface area contributed by atoms with Crippen molar-refractivity contribution in [3.8, 4) is 0 Å². The summed E-state index contributed by atoms with van der Waals surface area (Å²) in [6, 6.07) is 14.7. The molecule has 148 valence electrons. The molecule has 0 saturated carbocycles. The van der Waals surface area contributed by atoms with E-state index in [2.05, 4.69) is 34.5 Å². The second-order valence-electron chi connectivity index (χ2n) is 7.82. The fraction of sp³-hybridized carbons (Fsp3) is 0.435. The minimum absolute atomic E-state index is 0.0268. The Morgan fingerprint density at radius 3 is 2.32 bits per heavy atom. The normalized spacial score (nSPS) is 22.1. The average molecular weight is 417 g/mol. The van der Waals surface area contributed by atoms with Gasteiger partial charge in [0.05, 0.1) is 0 Å². The van der Waals surface area contributed by atoms with E-state index in [-0.39, 0.29) is 11.9 Å². The minimum Gasteiger partial charge on any atom is -0.347 e. The van der Waals surface area contributed by atoms with Crippen molar-refractivity contribution in [3.63, 3.8) is 0 Å². The molecule has 3 nitrogen and oxygen atoms in total. The zero-order valence-electron chi connectivity index (χ0n) is 16.0. The molecule has 1 heterocycles. The molecule has 28 heavy (non-hydrogen) atoms. The van der Waals surface area contributed by atoms with E-state index in [0.29, 0.717) is 23.4 Å². The molecule has 1 N–H and O–H groups in total. The fourth-order valence-electron chi connectivity index (χ4n) is 4.57. The zero-order chi connectivity index (χ0) is 19.5. The van der Waals surface area contributed by atoms with Crippen LogP contribution < -0.4 is 5.32 Å². The summed E-state index contributed by atoms with van der Waals surface area (Å²) in [6.45, 7) is 2.25. The van der Waals surface area contributed by atoms with Gasteiger partial charge in [0.1, 0.15) is 0 Å². The first kappa shape index (κ1) is 19.8. The van der Waals surface area contributed by atoms with E-state index in [0.717, 1.165) is 37.1 Å². The quantitative estimate of drug-likeness (QED) is 0.726. The van der Waals surface area contributed by atoms with Gasteiger partial charge in [0, 0.05) is 29.4 Å². The predicted octanol–water partition coefficient (Wildman–Crippen LogP) is 4.53. The molecule has 2 aromatic rings. The van der Waals surface area contributed by atoms with Crippen LogP contribution in [-0.4, -0.2) is 36.0 Å². The number of carbonyl (C=O) groups excluding carboxylic acids is 1. The Kier molecular flexibility index (Phi) is 6.25. The molecule has 1 fully saturated rings. The SMILES string of the molecule is O=C(NC1Cc2ccccc2CC1N1CCCC1)c1ccc(CCl)c(CCl)c1. The lowest BCUT2D eigenvalue weighted by Crippen LogP contribution is -2.55. The number of nitrogens with zero attached hydrogens (tertiary/aromatic N) is 1. The average Bonchev–Trinajstić information content (AvgIpc) is 3.27. The molecule has 1 amide bonds. The maximum absolute atomic E-state index is 13.0. The third-order valence-electron chi connectivity index (χ3n) is 6.13. The number of benzene rings is 2. The maximum atomic E-state index is 13.0. The van der Waals surface area contributed by atoms with Crippen LogP contribution in [0.3, 0.4) is 0 Å². The molecule has 2 aliphatic rings. The lowest BCUT2D eigenvalue weighted by molar-refractivity contribution is 0.0892. The van der Waals surface area contributed by atoms with E-state index in [1.807, 2.05) is 18.2 Å². The third-order valence-corrected chi connectivity index (χ3v) is 6.71. The number of hydrogen-bond acceptors (Lipinski definition) is 2. The molecule has 1 saturated heterocycles. The van der Waals surface area contributed by atoms with Crippen LogP contribution in [-0.2, 0) is 24.6 Å². The summed E-state index contributed by atoms with van der Waals surface area (Å²) in [5.41, 5.74) is 5.33. The summed E-state index contributed by atoms with van der Waals surface area (Å²) in [4.78, 5) is 15.6. The summed E-state index contributed by atoms with van der Waals surface area (Å²) < 4.78 is 0. The van der Waals surface area contributed by atoms with Gasteiger partial charge in [-0.3, -0.25) is 9.69 Å². The molecule has 0 radical (unpaired) electrons. The van der Waals surface area contributed by atoms with E-state index >= 15 is 0 Å². The van der Waals surface area contributed by atoms with Crippen molar-refractivity contribution in [2.75, 3.05) is 13.1 Å². The van der Waals surface area contributed by atoms with Gasteiger partial charge in [-0.05, 0) is 73.2 Å². The van der Waals surface area contributed by atoms with Gasteiger partial charge in [-0.2, -0.15) is 0 Å². The van der Waals surface area contributed by atoms with E-state index in [1.54, 1.807) is 0 Å². The number of alkyl halides is 2. The van der Waals surface area contributed by atoms with Crippen molar-refractivity contribution >= 4 is 29.1 Å². The lowest BCUT2D eigenvalue weighted by Gasteiger charge is -2.39. The first-order valence-electron chi connectivity index (χ1n) is 10.0. The fourth-order valence-corrected chi connectivity index (χ4v) is 5.08. The van der Waals surface area contributed by atoms with Crippen LogP contribution in [0.2, 0.25) is 0 Å². The van der Waals surface area contributed by atoms with Gasteiger partial charge in [-0.25, -0.2) is 0 Å². The molecule has 2 unspecified atom stereocenters. The van der Waals surface area contributed by atoms with Crippen LogP contribution in [0.5, 0.6) is 0 Å². The van der Waals surface area contributed by atoms with Gasteiger partial charge in [-0.1, -0.05) is 30.3 Å². The number of amides is 1. The minimum atomic E-state index is -0.0268. The second kappa shape index (κ2) is 8.86. The molecule has 5 heteroatoms. The van der Waals surface area contributed by atoms with Crippen LogP contribution in [0.4, 0.5) is 0 Å². The van der Waals surface area contributed by atoms with Gasteiger partial charge in [-0.15, -0.1) is 23.2 Å². The van der Waals surface area contributed by atoms with E-state index in [1.165, 1.54) is 24.0 Å². The summed E-state index contributed by atoms with van der Waals surface area (Å²) >= 11 is 12.0. The van der Waals surface area contributed by atoms with Gasteiger partial charge < -0.3 is 5.32 Å². The van der Waals surface area contributed by atoms with Crippen LogP contribution in [0.15, 0.2) is 42.5 Å². The van der Waals surface area contributed by atoms with Crippen molar-refractivity contribution in [2.24, 2.45) is 0 Å². The Morgan fingerprint density at radius 2 is 1.64 bits per heavy atom. The number of likely N-dealkylation sites (tertiary alicyclic amines) is 1. The molecule has 2 aromatic carbocycles. The summed E-state index contributed by atoms with van der Waals surface area (Å²) in [7, 11) is 0. The first-order chi connectivity index (χ1) is 13.7. The molecule has 1 aliphatic heterocycles. The van der Waals surface area contributed by atoms with E-state index in [9.17, 15) is 4.79 Å². The molecule has 0 bridgehead atoms. The molecule has 0 spiro atoms. The topological polar surface area (TPSA) is 32.3 Å². The second-order valence-corrected chi connectivity index (χ2v) is 8.35. The largest absolute Gasteiger partial charge is 0.347 e. The van der Waals surface area contributed by atoms with Crippen LogP contribution in [0.1, 0.15) is 45.5 Å². The summed E-state index contributed by atoms with van der Waals surface area (Å²) in [5, 5.41) is 3.34. The first-order valence-corrected chi connectivity index (χ1v) is 11.1. The zero-order valence-corrected chi connectivity index (χ0v) is 17.5. The van der Waals surface area contributed by atoms with Crippen molar-refractivity contribution < 1.29 is 4.79 Å². The Bertz CT molecular complexity index is 848. The number of fused-ring (bicyclic) bond motifs is 1. The summed E-state index contributed by atoms with van der Waals surface area (Å²) in [6.07, 6.45) is 4.38. The third kappa shape index (κ3) is 4.07. The predicted molar refractivity (Wildman–Crippen MR) is 115 cm³/mol. The lowest BCUT2D eigenvalue weighted by atomic mass is 9.83. The van der Waals surface area contributed by atoms with Gasteiger partial charge in [0.2, 0.25) is 0 Å². The van der Waals surface area contributed by atoms with E-state index < -0.39 is 0 Å². The molecule has 0 aromatic heterocycles. The highest BCUT2D eigenvalue weighted by atomic mass is 35.5. The Labute approximate surface area is 177 Å². The number of halogens is 2. The molecular weight excluding hydrogens is 391 g/mol. The Balaban J connectivity index is 1.56. The molecule has 2 atom stereocenters.